The molecule has 1 aliphatic carbocycles. The molecule has 0 saturated heterocycles. The quantitative estimate of drug-likeness (QED) is 0.765. The van der Waals surface area contributed by atoms with E-state index < -0.39 is 17.2 Å². The van der Waals surface area contributed by atoms with Crippen LogP contribution in [0.15, 0.2) is 29.2 Å². The first-order chi connectivity index (χ1) is 12.6. The number of hydrogen-bond donors (Lipinski definition) is 3. The average molecular weight is 359 g/mol. The number of hydrogen-bond acceptors (Lipinski definition) is 3. The summed E-state index contributed by atoms with van der Waals surface area (Å²) in [5, 5.41) is 5.67. The molecule has 3 N–H and O–H groups in total. The Kier molecular flexibility index (Phi) is 5.65. The van der Waals surface area contributed by atoms with Gasteiger partial charge in [-0.25, -0.2) is 4.39 Å². The third-order valence-electron chi connectivity index (χ3n) is 4.72. The van der Waals surface area contributed by atoms with Gasteiger partial charge in [0.05, 0.1) is 5.52 Å². The van der Waals surface area contributed by atoms with Crippen molar-refractivity contribution < 1.29 is 14.0 Å². The van der Waals surface area contributed by atoms with Crippen LogP contribution in [-0.4, -0.2) is 29.4 Å². The van der Waals surface area contributed by atoms with E-state index in [1.807, 2.05) is 0 Å². The topological polar surface area (TPSA) is 91.1 Å². The van der Waals surface area contributed by atoms with Crippen molar-refractivity contribution in [1.82, 2.24) is 15.6 Å². The predicted octanol–water partition coefficient (Wildman–Crippen LogP) is 2.24. The molecule has 0 aliphatic heterocycles. The van der Waals surface area contributed by atoms with Crippen LogP contribution in [0.1, 0.15) is 48.9 Å². The molecule has 0 bridgehead atoms. The fourth-order valence-corrected chi connectivity index (χ4v) is 3.32. The normalized spacial score (nSPS) is 15.0. The maximum absolute atomic E-state index is 13.7. The maximum Gasteiger partial charge on any atom is 0.256 e. The monoisotopic (exact) mass is 359 g/mol. The largest absolute Gasteiger partial charge is 0.358 e. The maximum atomic E-state index is 13.7. The summed E-state index contributed by atoms with van der Waals surface area (Å²) in [6.07, 6.45) is 6.84. The van der Waals surface area contributed by atoms with Crippen LogP contribution in [0.3, 0.4) is 0 Å². The van der Waals surface area contributed by atoms with E-state index in [2.05, 4.69) is 15.6 Å². The van der Waals surface area contributed by atoms with Gasteiger partial charge in [0.25, 0.3) is 5.91 Å². The molecule has 0 atom stereocenters. The van der Waals surface area contributed by atoms with Crippen molar-refractivity contribution in [1.29, 1.82) is 0 Å². The highest BCUT2D eigenvalue weighted by Crippen LogP contribution is 2.17. The molecule has 1 saturated carbocycles. The van der Waals surface area contributed by atoms with Crippen LogP contribution in [0.25, 0.3) is 10.9 Å². The molecule has 6 nitrogen and oxygen atoms in total. The Hall–Kier alpha value is -2.70. The third kappa shape index (κ3) is 4.09. The Labute approximate surface area is 150 Å². The van der Waals surface area contributed by atoms with Crippen LogP contribution >= 0.6 is 0 Å². The number of aromatic nitrogens is 1. The molecule has 1 fully saturated rings. The average Bonchev–Trinajstić information content (AvgIpc) is 2.63. The molecular formula is C19H22FN3O3. The van der Waals surface area contributed by atoms with Gasteiger partial charge in [0.2, 0.25) is 11.3 Å². The van der Waals surface area contributed by atoms with Crippen molar-refractivity contribution in [2.45, 2.75) is 44.6 Å². The lowest BCUT2D eigenvalue weighted by Gasteiger charge is -2.22. The number of fused-ring (bicyclic) bond motifs is 1. The number of carbonyl (C=O) groups is 2. The summed E-state index contributed by atoms with van der Waals surface area (Å²) in [5.41, 5.74) is -0.570. The lowest BCUT2D eigenvalue weighted by molar-refractivity contribution is -0.121. The molecule has 3 rings (SSSR count). The first-order valence-electron chi connectivity index (χ1n) is 8.94. The summed E-state index contributed by atoms with van der Waals surface area (Å²) in [6.45, 7) is 0.137. The van der Waals surface area contributed by atoms with Crippen LogP contribution in [0.2, 0.25) is 0 Å². The van der Waals surface area contributed by atoms with Gasteiger partial charge in [-0.1, -0.05) is 25.3 Å². The third-order valence-corrected chi connectivity index (χ3v) is 4.72. The molecule has 0 spiro atoms. The van der Waals surface area contributed by atoms with Crippen LogP contribution in [0.5, 0.6) is 0 Å². The highest BCUT2D eigenvalue weighted by Gasteiger charge is 2.17. The molecule has 0 unspecified atom stereocenters. The zero-order chi connectivity index (χ0) is 18.5. The van der Waals surface area contributed by atoms with E-state index in [9.17, 15) is 18.8 Å². The number of benzene rings is 1. The van der Waals surface area contributed by atoms with Gasteiger partial charge in [0.1, 0.15) is 11.4 Å². The van der Waals surface area contributed by atoms with Crippen molar-refractivity contribution in [2.24, 2.45) is 0 Å². The van der Waals surface area contributed by atoms with E-state index in [4.69, 9.17) is 0 Å². The molecule has 2 aromatic rings. The van der Waals surface area contributed by atoms with Gasteiger partial charge in [0.15, 0.2) is 0 Å². The summed E-state index contributed by atoms with van der Waals surface area (Å²) >= 11 is 0. The first kappa shape index (κ1) is 18.1. The Bertz CT molecular complexity index is 872. The smallest absolute Gasteiger partial charge is 0.256 e. The second kappa shape index (κ2) is 8.12. The van der Waals surface area contributed by atoms with Gasteiger partial charge < -0.3 is 15.6 Å². The Morgan fingerprint density at radius 1 is 1.19 bits per heavy atom. The molecule has 2 amide bonds. The first-order valence-corrected chi connectivity index (χ1v) is 8.94. The van der Waals surface area contributed by atoms with Crippen molar-refractivity contribution >= 4 is 22.7 Å². The van der Waals surface area contributed by atoms with Gasteiger partial charge in [-0.05, 0) is 25.0 Å². The second-order valence-electron chi connectivity index (χ2n) is 6.60. The van der Waals surface area contributed by atoms with Gasteiger partial charge in [0, 0.05) is 30.6 Å². The van der Waals surface area contributed by atoms with E-state index in [-0.39, 0.29) is 41.4 Å². The molecule has 1 aromatic heterocycles. The predicted molar refractivity (Wildman–Crippen MR) is 96.5 cm³/mol. The van der Waals surface area contributed by atoms with Crippen LogP contribution in [0.4, 0.5) is 4.39 Å². The van der Waals surface area contributed by atoms with Gasteiger partial charge in [-0.3, -0.25) is 14.4 Å². The number of aromatic amines is 1. The van der Waals surface area contributed by atoms with Gasteiger partial charge in [-0.15, -0.1) is 0 Å². The number of nitrogens with one attached hydrogen (secondary N) is 3. The molecule has 1 heterocycles. The van der Waals surface area contributed by atoms with Crippen LogP contribution in [-0.2, 0) is 4.79 Å². The number of halogens is 1. The van der Waals surface area contributed by atoms with E-state index in [1.165, 1.54) is 30.8 Å². The molecular weight excluding hydrogens is 337 g/mol. The van der Waals surface area contributed by atoms with E-state index >= 15 is 0 Å². The highest BCUT2D eigenvalue weighted by molar-refractivity contribution is 5.97. The molecule has 1 aliphatic rings. The van der Waals surface area contributed by atoms with Crippen LogP contribution in [0, 0.1) is 5.82 Å². The SMILES string of the molecule is O=C(CCNC(=O)c1c[nH]c2c(F)cccc2c1=O)NC1CCCCC1. The molecule has 26 heavy (non-hydrogen) atoms. The Morgan fingerprint density at radius 3 is 2.73 bits per heavy atom. The summed E-state index contributed by atoms with van der Waals surface area (Å²) in [6, 6.07) is 4.35. The van der Waals surface area contributed by atoms with Crippen molar-refractivity contribution in [2.75, 3.05) is 6.54 Å². The van der Waals surface area contributed by atoms with Crippen molar-refractivity contribution in [3.05, 3.63) is 46.0 Å². The summed E-state index contributed by atoms with van der Waals surface area (Å²) in [4.78, 5) is 39.1. The number of para-hydroxylation sites is 1. The highest BCUT2D eigenvalue weighted by atomic mass is 19.1. The van der Waals surface area contributed by atoms with Crippen molar-refractivity contribution in [3.8, 4) is 0 Å². The van der Waals surface area contributed by atoms with E-state index in [0.29, 0.717) is 0 Å². The number of pyridine rings is 1. The molecule has 138 valence electrons. The van der Waals surface area contributed by atoms with E-state index in [0.717, 1.165) is 25.7 Å². The number of H-pyrrole nitrogens is 1. The minimum atomic E-state index is -0.581. The fourth-order valence-electron chi connectivity index (χ4n) is 3.32. The second-order valence-corrected chi connectivity index (χ2v) is 6.60. The van der Waals surface area contributed by atoms with Crippen LogP contribution < -0.4 is 16.1 Å². The number of rotatable bonds is 5. The lowest BCUT2D eigenvalue weighted by atomic mass is 9.95. The Morgan fingerprint density at radius 2 is 1.96 bits per heavy atom. The summed E-state index contributed by atoms with van der Waals surface area (Å²) in [7, 11) is 0. The number of amides is 2. The number of carbonyl (C=O) groups excluding carboxylic acids is 2. The van der Waals surface area contributed by atoms with Gasteiger partial charge >= 0.3 is 0 Å². The Balaban J connectivity index is 1.56. The fraction of sp³-hybridized carbons (Fsp3) is 0.421. The molecule has 7 heteroatoms. The summed E-state index contributed by atoms with van der Waals surface area (Å²) in [5.74, 6) is -1.24. The molecule has 0 radical (unpaired) electrons. The standard InChI is InChI=1S/C19H22FN3O3/c20-15-8-4-7-13-17(15)22-11-14(18(13)25)19(26)21-10-9-16(24)23-12-5-2-1-3-6-12/h4,7-8,11-12H,1-3,5-6,9-10H2,(H,21,26)(H,22,25)(H,23,24). The molecule has 1 aromatic carbocycles. The summed E-state index contributed by atoms with van der Waals surface area (Å²) < 4.78 is 13.7. The zero-order valence-electron chi connectivity index (χ0n) is 14.4. The minimum Gasteiger partial charge on any atom is -0.358 e. The van der Waals surface area contributed by atoms with Crippen molar-refractivity contribution in [3.63, 3.8) is 0 Å². The lowest BCUT2D eigenvalue weighted by Crippen LogP contribution is -2.38. The minimum absolute atomic E-state index is 0.0703. The van der Waals surface area contributed by atoms with Gasteiger partial charge in [-0.2, -0.15) is 0 Å². The van der Waals surface area contributed by atoms with E-state index in [1.54, 1.807) is 0 Å². The zero-order valence-corrected chi connectivity index (χ0v) is 14.4.